The van der Waals surface area contributed by atoms with Crippen LogP contribution in [-0.4, -0.2) is 30.6 Å². The SMILES string of the molecule is CCOc1ccc(CN2CCC[C@@H](N)C2)cc1Cl.Cl. The Kier molecular flexibility index (Phi) is 6.94. The van der Waals surface area contributed by atoms with E-state index in [4.69, 9.17) is 22.1 Å². The van der Waals surface area contributed by atoms with Gasteiger partial charge in [-0.2, -0.15) is 0 Å². The topological polar surface area (TPSA) is 38.5 Å². The van der Waals surface area contributed by atoms with Crippen LogP contribution >= 0.6 is 24.0 Å². The fourth-order valence-corrected chi connectivity index (χ4v) is 2.67. The maximum absolute atomic E-state index is 6.19. The second-order valence-corrected chi connectivity index (χ2v) is 5.24. The van der Waals surface area contributed by atoms with Gasteiger partial charge in [-0.25, -0.2) is 0 Å². The van der Waals surface area contributed by atoms with E-state index in [2.05, 4.69) is 11.0 Å². The third-order valence-electron chi connectivity index (χ3n) is 3.24. The van der Waals surface area contributed by atoms with Crippen LogP contribution in [0.3, 0.4) is 0 Å². The molecule has 0 unspecified atom stereocenters. The van der Waals surface area contributed by atoms with Gasteiger partial charge >= 0.3 is 0 Å². The van der Waals surface area contributed by atoms with Crippen LogP contribution in [0.4, 0.5) is 0 Å². The molecule has 5 heteroatoms. The molecule has 1 atom stereocenters. The molecule has 1 aromatic carbocycles. The highest BCUT2D eigenvalue weighted by molar-refractivity contribution is 6.32. The molecule has 0 aromatic heterocycles. The van der Waals surface area contributed by atoms with E-state index in [9.17, 15) is 0 Å². The van der Waals surface area contributed by atoms with Gasteiger partial charge in [0.15, 0.2) is 0 Å². The number of ether oxygens (including phenoxy) is 1. The summed E-state index contributed by atoms with van der Waals surface area (Å²) in [6, 6.07) is 6.34. The van der Waals surface area contributed by atoms with Gasteiger partial charge < -0.3 is 10.5 Å². The van der Waals surface area contributed by atoms with Crippen LogP contribution < -0.4 is 10.5 Å². The predicted octanol–water partition coefficient (Wildman–Crippen LogP) is 3.08. The van der Waals surface area contributed by atoms with Crippen molar-refractivity contribution in [1.82, 2.24) is 4.90 Å². The number of halogens is 2. The second kappa shape index (κ2) is 7.95. The zero-order chi connectivity index (χ0) is 13.0. The smallest absolute Gasteiger partial charge is 0.137 e. The molecular formula is C14H22Cl2N2O. The van der Waals surface area contributed by atoms with Crippen LogP contribution in [0.15, 0.2) is 18.2 Å². The van der Waals surface area contributed by atoms with Crippen LogP contribution in [-0.2, 0) is 6.54 Å². The molecule has 0 radical (unpaired) electrons. The molecule has 1 aromatic rings. The van der Waals surface area contributed by atoms with Gasteiger partial charge in [0, 0.05) is 19.1 Å². The van der Waals surface area contributed by atoms with Gasteiger partial charge in [-0.1, -0.05) is 17.7 Å². The van der Waals surface area contributed by atoms with Gasteiger partial charge in [0.1, 0.15) is 5.75 Å². The number of rotatable bonds is 4. The summed E-state index contributed by atoms with van der Waals surface area (Å²) >= 11 is 6.19. The largest absolute Gasteiger partial charge is 0.492 e. The van der Waals surface area contributed by atoms with Crippen LogP contribution in [0.1, 0.15) is 25.3 Å². The lowest BCUT2D eigenvalue weighted by Gasteiger charge is -2.30. The highest BCUT2D eigenvalue weighted by atomic mass is 35.5. The predicted molar refractivity (Wildman–Crippen MR) is 82.4 cm³/mol. The van der Waals surface area contributed by atoms with Crippen LogP contribution in [0.2, 0.25) is 5.02 Å². The standard InChI is InChI=1S/C14H21ClN2O.ClH/c1-2-18-14-6-5-11(8-13(14)15)9-17-7-3-4-12(16)10-17;/h5-6,8,12H,2-4,7,9-10,16H2,1H3;1H/t12-;/m1./s1. The first kappa shape index (κ1) is 16.6. The maximum Gasteiger partial charge on any atom is 0.137 e. The first-order valence-electron chi connectivity index (χ1n) is 6.58. The molecule has 19 heavy (non-hydrogen) atoms. The molecule has 1 aliphatic heterocycles. The summed E-state index contributed by atoms with van der Waals surface area (Å²) in [5, 5.41) is 0.690. The average molecular weight is 305 g/mol. The number of piperidine rings is 1. The minimum Gasteiger partial charge on any atom is -0.492 e. The van der Waals surface area contributed by atoms with Crippen molar-refractivity contribution < 1.29 is 4.74 Å². The summed E-state index contributed by atoms with van der Waals surface area (Å²) in [5.41, 5.74) is 7.20. The van der Waals surface area contributed by atoms with Crippen molar-refractivity contribution in [3.63, 3.8) is 0 Å². The monoisotopic (exact) mass is 304 g/mol. The highest BCUT2D eigenvalue weighted by Gasteiger charge is 2.16. The number of nitrogens with zero attached hydrogens (tertiary/aromatic N) is 1. The molecule has 0 aliphatic carbocycles. The summed E-state index contributed by atoms with van der Waals surface area (Å²) in [5.74, 6) is 0.762. The summed E-state index contributed by atoms with van der Waals surface area (Å²) < 4.78 is 5.43. The minimum absolute atomic E-state index is 0. The number of nitrogens with two attached hydrogens (primary N) is 1. The molecule has 0 saturated carbocycles. The fraction of sp³-hybridized carbons (Fsp3) is 0.571. The summed E-state index contributed by atoms with van der Waals surface area (Å²) in [6.07, 6.45) is 2.33. The molecule has 3 nitrogen and oxygen atoms in total. The lowest BCUT2D eigenvalue weighted by atomic mass is 10.1. The fourth-order valence-electron chi connectivity index (χ4n) is 2.41. The number of hydrogen-bond donors (Lipinski definition) is 1. The van der Waals surface area contributed by atoms with Gasteiger partial charge in [0.05, 0.1) is 11.6 Å². The Morgan fingerprint density at radius 2 is 2.26 bits per heavy atom. The molecule has 1 aliphatic rings. The highest BCUT2D eigenvalue weighted by Crippen LogP contribution is 2.26. The Morgan fingerprint density at radius 3 is 2.89 bits per heavy atom. The van der Waals surface area contributed by atoms with E-state index in [0.29, 0.717) is 17.7 Å². The molecule has 0 spiro atoms. The van der Waals surface area contributed by atoms with Crippen molar-refractivity contribution >= 4 is 24.0 Å². The Morgan fingerprint density at radius 1 is 1.47 bits per heavy atom. The third-order valence-corrected chi connectivity index (χ3v) is 3.54. The van der Waals surface area contributed by atoms with Crippen molar-refractivity contribution in [2.75, 3.05) is 19.7 Å². The van der Waals surface area contributed by atoms with E-state index in [1.807, 2.05) is 19.1 Å². The lowest BCUT2D eigenvalue weighted by Crippen LogP contribution is -2.42. The van der Waals surface area contributed by atoms with E-state index in [1.165, 1.54) is 12.0 Å². The second-order valence-electron chi connectivity index (χ2n) is 4.84. The number of hydrogen-bond acceptors (Lipinski definition) is 3. The Labute approximate surface area is 126 Å². The minimum atomic E-state index is 0. The van der Waals surface area contributed by atoms with Crippen molar-refractivity contribution in [3.05, 3.63) is 28.8 Å². The van der Waals surface area contributed by atoms with Crippen LogP contribution in [0, 0.1) is 0 Å². The lowest BCUT2D eigenvalue weighted by molar-refractivity contribution is 0.201. The normalized spacial score (nSPS) is 19.8. The van der Waals surface area contributed by atoms with E-state index < -0.39 is 0 Å². The number of benzene rings is 1. The van der Waals surface area contributed by atoms with Gasteiger partial charge in [-0.05, 0) is 44.0 Å². The first-order valence-corrected chi connectivity index (χ1v) is 6.96. The molecule has 1 fully saturated rings. The van der Waals surface area contributed by atoms with Gasteiger partial charge in [0.2, 0.25) is 0 Å². The zero-order valence-electron chi connectivity index (χ0n) is 11.3. The molecule has 108 valence electrons. The van der Waals surface area contributed by atoms with Crippen molar-refractivity contribution in [1.29, 1.82) is 0 Å². The average Bonchev–Trinajstić information content (AvgIpc) is 2.33. The van der Waals surface area contributed by atoms with Gasteiger partial charge in [0.25, 0.3) is 0 Å². The first-order chi connectivity index (χ1) is 8.69. The zero-order valence-corrected chi connectivity index (χ0v) is 12.8. The summed E-state index contributed by atoms with van der Waals surface area (Å²) in [4.78, 5) is 2.39. The molecular weight excluding hydrogens is 283 g/mol. The quantitative estimate of drug-likeness (QED) is 0.929. The molecule has 1 heterocycles. The summed E-state index contributed by atoms with van der Waals surface area (Å²) in [7, 11) is 0. The van der Waals surface area contributed by atoms with Crippen molar-refractivity contribution in [3.8, 4) is 5.75 Å². The van der Waals surface area contributed by atoms with E-state index in [1.54, 1.807) is 0 Å². The van der Waals surface area contributed by atoms with E-state index in [-0.39, 0.29) is 12.4 Å². The van der Waals surface area contributed by atoms with E-state index >= 15 is 0 Å². The van der Waals surface area contributed by atoms with Gasteiger partial charge in [-0.15, -0.1) is 12.4 Å². The third kappa shape index (κ3) is 4.84. The van der Waals surface area contributed by atoms with E-state index in [0.717, 1.165) is 31.8 Å². The maximum atomic E-state index is 6.19. The molecule has 0 amide bonds. The van der Waals surface area contributed by atoms with Crippen LogP contribution in [0.25, 0.3) is 0 Å². The van der Waals surface area contributed by atoms with Gasteiger partial charge in [-0.3, -0.25) is 4.90 Å². The molecule has 2 rings (SSSR count). The van der Waals surface area contributed by atoms with Crippen molar-refractivity contribution in [2.45, 2.75) is 32.4 Å². The molecule has 2 N–H and O–H groups in total. The van der Waals surface area contributed by atoms with Crippen molar-refractivity contribution in [2.24, 2.45) is 5.73 Å². The Hall–Kier alpha value is -0.480. The molecule has 1 saturated heterocycles. The number of likely N-dealkylation sites (tertiary alicyclic amines) is 1. The van der Waals surface area contributed by atoms with Crippen LogP contribution in [0.5, 0.6) is 5.75 Å². The Balaban J connectivity index is 0.00000180. The molecule has 0 bridgehead atoms. The Bertz CT molecular complexity index is 401. The summed E-state index contributed by atoms with van der Waals surface area (Å²) in [6.45, 7) is 5.61.